The lowest BCUT2D eigenvalue weighted by Crippen LogP contribution is -2.23. The number of hydrogen-bond donors (Lipinski definition) is 1. The zero-order valence-electron chi connectivity index (χ0n) is 12.1. The van der Waals surface area contributed by atoms with Gasteiger partial charge in [0.15, 0.2) is 0 Å². The Balaban J connectivity index is 2.05. The van der Waals surface area contributed by atoms with Crippen LogP contribution in [0, 0.1) is 13.8 Å². The van der Waals surface area contributed by atoms with Gasteiger partial charge in [-0.25, -0.2) is 0 Å². The second kappa shape index (κ2) is 6.78. The molecule has 0 saturated heterocycles. The van der Waals surface area contributed by atoms with Crippen molar-refractivity contribution in [1.29, 1.82) is 0 Å². The van der Waals surface area contributed by atoms with Crippen molar-refractivity contribution in [3.63, 3.8) is 0 Å². The topological polar surface area (TPSA) is 21.3 Å². The van der Waals surface area contributed by atoms with Crippen molar-refractivity contribution in [3.8, 4) is 5.75 Å². The summed E-state index contributed by atoms with van der Waals surface area (Å²) in [5.41, 5.74) is 3.85. The molecule has 0 fully saturated rings. The molecule has 0 aliphatic rings. The van der Waals surface area contributed by atoms with Gasteiger partial charge < -0.3 is 10.1 Å². The molecule has 2 rings (SSSR count). The van der Waals surface area contributed by atoms with E-state index < -0.39 is 0 Å². The van der Waals surface area contributed by atoms with Gasteiger partial charge in [-0.05, 0) is 61.9 Å². The molecule has 2 aromatic carbocycles. The van der Waals surface area contributed by atoms with E-state index in [2.05, 4.69) is 37.4 Å². The van der Waals surface area contributed by atoms with Crippen LogP contribution in [0.1, 0.15) is 22.7 Å². The summed E-state index contributed by atoms with van der Waals surface area (Å²) in [4.78, 5) is 0. The van der Waals surface area contributed by atoms with Crippen molar-refractivity contribution in [3.05, 3.63) is 64.2 Å². The summed E-state index contributed by atoms with van der Waals surface area (Å²) in [5, 5.41) is 4.01. The van der Waals surface area contributed by atoms with Crippen LogP contribution >= 0.6 is 11.6 Å². The molecule has 0 aliphatic carbocycles. The maximum Gasteiger partial charge on any atom is 0.119 e. The predicted molar refractivity (Wildman–Crippen MR) is 84.7 cm³/mol. The van der Waals surface area contributed by atoms with Crippen LogP contribution in [-0.2, 0) is 0 Å². The monoisotopic (exact) mass is 289 g/mol. The summed E-state index contributed by atoms with van der Waals surface area (Å²) in [6, 6.07) is 14.1. The van der Waals surface area contributed by atoms with Crippen LogP contribution in [0.15, 0.2) is 42.5 Å². The quantitative estimate of drug-likeness (QED) is 0.886. The highest BCUT2D eigenvalue weighted by molar-refractivity contribution is 6.30. The molecule has 0 saturated carbocycles. The highest BCUT2D eigenvalue weighted by Crippen LogP contribution is 2.20. The molecule has 0 radical (unpaired) electrons. The van der Waals surface area contributed by atoms with Gasteiger partial charge in [0.05, 0.1) is 6.04 Å². The van der Waals surface area contributed by atoms with Crippen molar-refractivity contribution in [2.45, 2.75) is 19.9 Å². The second-order valence-corrected chi connectivity index (χ2v) is 5.39. The van der Waals surface area contributed by atoms with Crippen molar-refractivity contribution >= 4 is 11.6 Å². The standard InChI is InChI=1S/C17H20ClNO/c1-12-4-5-14(10-13(12)2)17(19-3)11-20-16-8-6-15(18)7-9-16/h4-10,17,19H,11H2,1-3H3. The minimum absolute atomic E-state index is 0.171. The molecule has 106 valence electrons. The highest BCUT2D eigenvalue weighted by atomic mass is 35.5. The average molecular weight is 290 g/mol. The molecule has 2 nitrogen and oxygen atoms in total. The number of ether oxygens (including phenoxy) is 1. The summed E-state index contributed by atoms with van der Waals surface area (Å²) in [6.45, 7) is 4.84. The number of nitrogens with one attached hydrogen (secondary N) is 1. The van der Waals surface area contributed by atoms with Crippen molar-refractivity contribution in [2.24, 2.45) is 0 Å². The minimum atomic E-state index is 0.171. The van der Waals surface area contributed by atoms with Crippen LogP contribution in [0.5, 0.6) is 5.75 Å². The van der Waals surface area contributed by atoms with Gasteiger partial charge in [-0.15, -0.1) is 0 Å². The molecule has 0 aliphatic heterocycles. The average Bonchev–Trinajstić information content (AvgIpc) is 2.45. The molecule has 1 N–H and O–H groups in total. The molecule has 3 heteroatoms. The summed E-state index contributed by atoms with van der Waals surface area (Å²) >= 11 is 5.86. The SMILES string of the molecule is CNC(COc1ccc(Cl)cc1)c1ccc(C)c(C)c1. The van der Waals surface area contributed by atoms with Gasteiger partial charge >= 0.3 is 0 Å². The number of likely N-dealkylation sites (N-methyl/N-ethyl adjacent to an activating group) is 1. The smallest absolute Gasteiger partial charge is 0.119 e. The number of rotatable bonds is 5. The first kappa shape index (κ1) is 14.9. The Hall–Kier alpha value is -1.51. The molecular weight excluding hydrogens is 270 g/mol. The highest BCUT2D eigenvalue weighted by Gasteiger charge is 2.11. The Morgan fingerprint density at radius 3 is 2.35 bits per heavy atom. The molecule has 2 aromatic rings. The van der Waals surface area contributed by atoms with E-state index in [4.69, 9.17) is 16.3 Å². The zero-order valence-corrected chi connectivity index (χ0v) is 12.9. The Kier molecular flexibility index (Phi) is 5.05. The van der Waals surface area contributed by atoms with Crippen molar-refractivity contribution < 1.29 is 4.74 Å². The molecular formula is C17H20ClNO. The Labute approximate surface area is 125 Å². The lowest BCUT2D eigenvalue weighted by Gasteiger charge is -2.18. The third kappa shape index (κ3) is 3.75. The molecule has 20 heavy (non-hydrogen) atoms. The predicted octanol–water partition coefficient (Wildman–Crippen LogP) is 4.30. The number of aryl methyl sites for hydroxylation is 2. The van der Waals surface area contributed by atoms with E-state index in [0.29, 0.717) is 6.61 Å². The van der Waals surface area contributed by atoms with Crippen molar-refractivity contribution in [1.82, 2.24) is 5.32 Å². The molecule has 0 heterocycles. The summed E-state index contributed by atoms with van der Waals surface area (Å²) < 4.78 is 5.82. The van der Waals surface area contributed by atoms with E-state index in [0.717, 1.165) is 10.8 Å². The van der Waals surface area contributed by atoms with E-state index in [1.165, 1.54) is 16.7 Å². The summed E-state index contributed by atoms with van der Waals surface area (Å²) in [5.74, 6) is 0.832. The largest absolute Gasteiger partial charge is 0.492 e. The van der Waals surface area contributed by atoms with E-state index in [1.807, 2.05) is 31.3 Å². The number of benzene rings is 2. The van der Waals surface area contributed by atoms with Crippen LogP contribution in [0.2, 0.25) is 5.02 Å². The Bertz CT molecular complexity index is 566. The van der Waals surface area contributed by atoms with E-state index in [9.17, 15) is 0 Å². The van der Waals surface area contributed by atoms with E-state index >= 15 is 0 Å². The van der Waals surface area contributed by atoms with Crippen molar-refractivity contribution in [2.75, 3.05) is 13.7 Å². The fourth-order valence-electron chi connectivity index (χ4n) is 2.04. The van der Waals surface area contributed by atoms with Crippen LogP contribution in [0.3, 0.4) is 0 Å². The molecule has 1 unspecified atom stereocenters. The zero-order chi connectivity index (χ0) is 14.5. The van der Waals surface area contributed by atoms with Gasteiger partial charge in [0.25, 0.3) is 0 Å². The van der Waals surface area contributed by atoms with Crippen LogP contribution in [0.25, 0.3) is 0 Å². The summed E-state index contributed by atoms with van der Waals surface area (Å²) in [6.07, 6.45) is 0. The van der Waals surface area contributed by atoms with E-state index in [1.54, 1.807) is 0 Å². The first-order valence-corrected chi connectivity index (χ1v) is 7.10. The van der Waals surface area contributed by atoms with Gasteiger partial charge in [-0.1, -0.05) is 29.8 Å². The first-order chi connectivity index (χ1) is 9.60. The number of hydrogen-bond acceptors (Lipinski definition) is 2. The fraction of sp³-hybridized carbons (Fsp3) is 0.294. The molecule has 0 aromatic heterocycles. The van der Waals surface area contributed by atoms with Gasteiger partial charge in [-0.2, -0.15) is 0 Å². The van der Waals surface area contributed by atoms with Gasteiger partial charge in [0.1, 0.15) is 12.4 Å². The Morgan fingerprint density at radius 2 is 1.75 bits per heavy atom. The van der Waals surface area contributed by atoms with Crippen LogP contribution in [-0.4, -0.2) is 13.7 Å². The molecule has 0 bridgehead atoms. The maximum atomic E-state index is 5.86. The van der Waals surface area contributed by atoms with Gasteiger partial charge in [-0.3, -0.25) is 0 Å². The van der Waals surface area contributed by atoms with Crippen LogP contribution in [0.4, 0.5) is 0 Å². The third-order valence-corrected chi connectivity index (χ3v) is 3.76. The van der Waals surface area contributed by atoms with Gasteiger partial charge in [0, 0.05) is 5.02 Å². The second-order valence-electron chi connectivity index (χ2n) is 4.95. The molecule has 0 amide bonds. The lowest BCUT2D eigenvalue weighted by molar-refractivity contribution is 0.273. The van der Waals surface area contributed by atoms with E-state index in [-0.39, 0.29) is 6.04 Å². The maximum absolute atomic E-state index is 5.86. The number of halogens is 1. The third-order valence-electron chi connectivity index (χ3n) is 3.51. The van der Waals surface area contributed by atoms with Gasteiger partial charge in [0.2, 0.25) is 0 Å². The molecule has 0 spiro atoms. The lowest BCUT2D eigenvalue weighted by atomic mass is 10.0. The fourth-order valence-corrected chi connectivity index (χ4v) is 2.16. The van der Waals surface area contributed by atoms with Crippen LogP contribution < -0.4 is 10.1 Å². The minimum Gasteiger partial charge on any atom is -0.492 e. The molecule has 1 atom stereocenters. The first-order valence-electron chi connectivity index (χ1n) is 6.73. The Morgan fingerprint density at radius 1 is 1.05 bits per heavy atom. The summed E-state index contributed by atoms with van der Waals surface area (Å²) in [7, 11) is 1.95. The normalized spacial score (nSPS) is 12.2.